The van der Waals surface area contributed by atoms with Gasteiger partial charge in [0.25, 0.3) is 5.91 Å². The summed E-state index contributed by atoms with van der Waals surface area (Å²) < 4.78 is 20.3. The second-order valence-electron chi connectivity index (χ2n) is 9.05. The molecule has 7 heteroatoms. The van der Waals surface area contributed by atoms with E-state index in [-0.39, 0.29) is 25.1 Å². The first-order valence-corrected chi connectivity index (χ1v) is 12.6. The fourth-order valence-electron chi connectivity index (χ4n) is 4.49. The molecule has 0 aromatic heterocycles. The molecule has 2 amide bonds. The molecular weight excluding hydrogens is 479 g/mol. The minimum atomic E-state index is -0.825. The molecule has 1 atom stereocenters. The van der Waals surface area contributed by atoms with Gasteiger partial charge in [-0.2, -0.15) is 0 Å². The number of hydrogen-bond acceptors (Lipinski definition) is 3. The van der Waals surface area contributed by atoms with Crippen molar-refractivity contribution in [1.82, 2.24) is 10.2 Å². The molecule has 0 spiro atoms. The summed E-state index contributed by atoms with van der Waals surface area (Å²) in [6, 6.07) is 21.8. The molecule has 0 saturated heterocycles. The molecule has 4 rings (SSSR count). The van der Waals surface area contributed by atoms with Crippen molar-refractivity contribution in [1.29, 1.82) is 0 Å². The Balaban J connectivity index is 1.61. The standard InChI is InChI=1S/C29H30ClFN2O3/c30-23-14-16-25(17-15-23)36-20-28(34)33(19-22-10-4-7-13-26(22)31)27(18-21-8-2-1-3-9-21)29(35)32-24-11-5-6-12-24/h1-4,7-10,13-17,24,27H,5-6,11-12,18-20H2,(H,32,35)/t27-/m1/s1. The molecule has 0 heterocycles. The van der Waals surface area contributed by atoms with Crippen molar-refractivity contribution in [3.63, 3.8) is 0 Å². The molecule has 0 bridgehead atoms. The van der Waals surface area contributed by atoms with Crippen LogP contribution in [0.4, 0.5) is 4.39 Å². The maximum Gasteiger partial charge on any atom is 0.261 e. The van der Waals surface area contributed by atoms with Crippen molar-refractivity contribution in [2.24, 2.45) is 0 Å². The van der Waals surface area contributed by atoms with E-state index in [1.165, 1.54) is 11.0 Å². The maximum absolute atomic E-state index is 14.6. The Morgan fingerprint density at radius 3 is 2.33 bits per heavy atom. The Labute approximate surface area is 216 Å². The number of hydrogen-bond donors (Lipinski definition) is 1. The lowest BCUT2D eigenvalue weighted by Crippen LogP contribution is -2.53. The first-order chi connectivity index (χ1) is 17.5. The number of nitrogens with one attached hydrogen (secondary N) is 1. The summed E-state index contributed by atoms with van der Waals surface area (Å²) >= 11 is 5.94. The third-order valence-corrected chi connectivity index (χ3v) is 6.70. The predicted octanol–water partition coefficient (Wildman–Crippen LogP) is 5.56. The molecule has 188 valence electrons. The monoisotopic (exact) mass is 508 g/mol. The number of ether oxygens (including phenoxy) is 1. The predicted molar refractivity (Wildman–Crippen MR) is 138 cm³/mol. The van der Waals surface area contributed by atoms with E-state index in [4.69, 9.17) is 16.3 Å². The number of halogens is 2. The van der Waals surface area contributed by atoms with E-state index in [2.05, 4.69) is 5.32 Å². The second-order valence-corrected chi connectivity index (χ2v) is 9.49. The summed E-state index contributed by atoms with van der Waals surface area (Å²) in [7, 11) is 0. The Morgan fingerprint density at radius 1 is 0.972 bits per heavy atom. The van der Waals surface area contributed by atoms with Gasteiger partial charge in [0.15, 0.2) is 6.61 Å². The molecule has 1 saturated carbocycles. The maximum atomic E-state index is 14.6. The highest BCUT2D eigenvalue weighted by Gasteiger charge is 2.32. The second kappa shape index (κ2) is 12.5. The molecule has 3 aromatic carbocycles. The number of rotatable bonds is 10. The van der Waals surface area contributed by atoms with Gasteiger partial charge in [-0.15, -0.1) is 0 Å². The first kappa shape index (κ1) is 25.7. The number of carbonyl (C=O) groups excluding carboxylic acids is 2. The van der Waals surface area contributed by atoms with E-state index in [0.717, 1.165) is 31.2 Å². The molecule has 0 radical (unpaired) electrons. The van der Waals surface area contributed by atoms with Crippen molar-refractivity contribution in [3.05, 3.63) is 101 Å². The molecule has 0 aliphatic heterocycles. The lowest BCUT2D eigenvalue weighted by molar-refractivity contribution is -0.143. The molecule has 0 unspecified atom stereocenters. The minimum absolute atomic E-state index is 0.0505. The zero-order valence-electron chi connectivity index (χ0n) is 20.0. The largest absolute Gasteiger partial charge is 0.484 e. The van der Waals surface area contributed by atoms with Crippen LogP contribution in [0.5, 0.6) is 5.75 Å². The van der Waals surface area contributed by atoms with Crippen molar-refractivity contribution >= 4 is 23.4 Å². The summed E-state index contributed by atoms with van der Waals surface area (Å²) in [4.78, 5) is 28.6. The van der Waals surface area contributed by atoms with Crippen LogP contribution in [0, 0.1) is 5.82 Å². The highest BCUT2D eigenvalue weighted by molar-refractivity contribution is 6.30. The third kappa shape index (κ3) is 7.08. The first-order valence-electron chi connectivity index (χ1n) is 12.2. The zero-order chi connectivity index (χ0) is 25.3. The molecule has 3 aromatic rings. The van der Waals surface area contributed by atoms with Crippen molar-refractivity contribution < 1.29 is 18.7 Å². The van der Waals surface area contributed by atoms with Crippen LogP contribution in [0.15, 0.2) is 78.9 Å². The number of carbonyl (C=O) groups is 2. The van der Waals surface area contributed by atoms with Crippen LogP contribution < -0.4 is 10.1 Å². The fourth-order valence-corrected chi connectivity index (χ4v) is 4.62. The van der Waals surface area contributed by atoms with E-state index < -0.39 is 17.8 Å². The summed E-state index contributed by atoms with van der Waals surface area (Å²) in [5, 5.41) is 3.69. The van der Waals surface area contributed by atoms with Gasteiger partial charge in [-0.3, -0.25) is 9.59 Å². The normalized spacial score (nSPS) is 14.3. The molecule has 1 aliphatic carbocycles. The van der Waals surface area contributed by atoms with E-state index in [1.54, 1.807) is 42.5 Å². The number of amides is 2. The van der Waals surface area contributed by atoms with Crippen molar-refractivity contribution in [2.75, 3.05) is 6.61 Å². The van der Waals surface area contributed by atoms with E-state index in [0.29, 0.717) is 22.8 Å². The van der Waals surface area contributed by atoms with Gasteiger partial charge in [-0.1, -0.05) is 73.0 Å². The smallest absolute Gasteiger partial charge is 0.261 e. The highest BCUT2D eigenvalue weighted by atomic mass is 35.5. The van der Waals surface area contributed by atoms with Gasteiger partial charge in [0.05, 0.1) is 0 Å². The van der Waals surface area contributed by atoms with Crippen LogP contribution in [0.1, 0.15) is 36.8 Å². The fraction of sp³-hybridized carbons (Fsp3) is 0.310. The van der Waals surface area contributed by atoms with Gasteiger partial charge >= 0.3 is 0 Å². The van der Waals surface area contributed by atoms with Gasteiger partial charge < -0.3 is 15.0 Å². The number of benzene rings is 3. The van der Waals surface area contributed by atoms with E-state index in [9.17, 15) is 14.0 Å². The van der Waals surface area contributed by atoms with Crippen LogP contribution in [-0.2, 0) is 22.6 Å². The molecular formula is C29H30ClFN2O3. The van der Waals surface area contributed by atoms with Crippen LogP contribution in [-0.4, -0.2) is 35.4 Å². The summed E-state index contributed by atoms with van der Waals surface area (Å²) in [6.45, 7) is -0.344. The molecule has 1 aliphatic rings. The third-order valence-electron chi connectivity index (χ3n) is 6.45. The van der Waals surface area contributed by atoms with Crippen molar-refractivity contribution in [2.45, 2.75) is 50.7 Å². The quantitative estimate of drug-likeness (QED) is 0.390. The molecule has 5 nitrogen and oxygen atoms in total. The SMILES string of the molecule is O=C(NC1CCCC1)[C@@H](Cc1ccccc1)N(Cc1ccccc1F)C(=O)COc1ccc(Cl)cc1. The van der Waals surface area contributed by atoms with E-state index in [1.807, 2.05) is 30.3 Å². The summed E-state index contributed by atoms with van der Waals surface area (Å²) in [6.07, 6.45) is 4.29. The summed E-state index contributed by atoms with van der Waals surface area (Å²) in [5.74, 6) is -0.588. The lowest BCUT2D eigenvalue weighted by atomic mass is 10.0. The Bertz CT molecular complexity index is 1150. The minimum Gasteiger partial charge on any atom is -0.484 e. The van der Waals surface area contributed by atoms with Gasteiger partial charge in [0, 0.05) is 29.6 Å². The highest BCUT2D eigenvalue weighted by Crippen LogP contribution is 2.21. The van der Waals surface area contributed by atoms with Gasteiger partial charge in [0.2, 0.25) is 5.91 Å². The van der Waals surface area contributed by atoms with Gasteiger partial charge in [-0.05, 0) is 48.7 Å². The lowest BCUT2D eigenvalue weighted by Gasteiger charge is -2.32. The average Bonchev–Trinajstić information content (AvgIpc) is 3.40. The Morgan fingerprint density at radius 2 is 1.64 bits per heavy atom. The van der Waals surface area contributed by atoms with Gasteiger partial charge in [0.1, 0.15) is 17.6 Å². The Kier molecular flexibility index (Phi) is 8.95. The Hall–Kier alpha value is -3.38. The molecule has 1 fully saturated rings. The zero-order valence-corrected chi connectivity index (χ0v) is 20.8. The van der Waals surface area contributed by atoms with E-state index >= 15 is 0 Å². The summed E-state index contributed by atoms with van der Waals surface area (Å²) in [5.41, 5.74) is 1.25. The molecule has 1 N–H and O–H groups in total. The van der Waals surface area contributed by atoms with Crippen LogP contribution in [0.25, 0.3) is 0 Å². The van der Waals surface area contributed by atoms with Gasteiger partial charge in [-0.25, -0.2) is 4.39 Å². The average molecular weight is 509 g/mol. The van der Waals surface area contributed by atoms with Crippen LogP contribution >= 0.6 is 11.6 Å². The van der Waals surface area contributed by atoms with Crippen LogP contribution in [0.3, 0.4) is 0 Å². The van der Waals surface area contributed by atoms with Crippen molar-refractivity contribution in [3.8, 4) is 5.75 Å². The number of nitrogens with zero attached hydrogens (tertiary/aromatic N) is 1. The van der Waals surface area contributed by atoms with Crippen LogP contribution in [0.2, 0.25) is 5.02 Å². The topological polar surface area (TPSA) is 58.6 Å². The molecule has 36 heavy (non-hydrogen) atoms.